The number of aliphatic hydroxyl groups excluding tert-OH is 1. The molecule has 0 aliphatic heterocycles. The van der Waals surface area contributed by atoms with Crippen molar-refractivity contribution in [1.82, 2.24) is 0 Å². The van der Waals surface area contributed by atoms with E-state index in [9.17, 15) is 14.7 Å². The van der Waals surface area contributed by atoms with Crippen LogP contribution >= 0.6 is 0 Å². The van der Waals surface area contributed by atoms with Crippen LogP contribution in [0.3, 0.4) is 0 Å². The lowest BCUT2D eigenvalue weighted by Crippen LogP contribution is -2.37. The molecule has 0 aromatic rings. The number of esters is 2. The molecule has 1 N–H and O–H groups in total. The highest BCUT2D eigenvalue weighted by Crippen LogP contribution is 2.10. The van der Waals surface area contributed by atoms with Crippen LogP contribution in [0.5, 0.6) is 0 Å². The second kappa shape index (κ2) is 6.48. The van der Waals surface area contributed by atoms with E-state index in [4.69, 9.17) is 9.47 Å². The van der Waals surface area contributed by atoms with Gasteiger partial charge in [-0.05, 0) is 34.6 Å². The Balaban J connectivity index is 4.31. The normalized spacial score (nSPS) is 14.8. The smallest absolute Gasteiger partial charge is 0.336 e. The van der Waals surface area contributed by atoms with Crippen molar-refractivity contribution in [3.8, 4) is 0 Å². The lowest BCUT2D eigenvalue weighted by atomic mass is 10.1. The van der Waals surface area contributed by atoms with Crippen LogP contribution in [0.2, 0.25) is 0 Å². The van der Waals surface area contributed by atoms with Gasteiger partial charge in [0.05, 0.1) is 18.1 Å². The summed E-state index contributed by atoms with van der Waals surface area (Å²) >= 11 is 0. The molecule has 0 saturated carbocycles. The quantitative estimate of drug-likeness (QED) is 0.712. The van der Waals surface area contributed by atoms with Gasteiger partial charge in [0.2, 0.25) is 0 Å². The van der Waals surface area contributed by atoms with Crippen LogP contribution in [-0.2, 0) is 19.1 Å². The third kappa shape index (κ3) is 5.11. The molecule has 0 heterocycles. The van der Waals surface area contributed by atoms with Gasteiger partial charge in [-0.15, -0.1) is 0 Å². The highest BCUT2D eigenvalue weighted by molar-refractivity contribution is 5.83. The number of rotatable bonds is 5. The number of hydrogen-bond donors (Lipinski definition) is 1. The van der Waals surface area contributed by atoms with Crippen molar-refractivity contribution in [3.05, 3.63) is 0 Å². The van der Waals surface area contributed by atoms with E-state index in [0.29, 0.717) is 0 Å². The van der Waals surface area contributed by atoms with Crippen molar-refractivity contribution in [1.29, 1.82) is 0 Å². The lowest BCUT2D eigenvalue weighted by Gasteiger charge is -2.19. The molecular formula is C11H20O5. The van der Waals surface area contributed by atoms with E-state index >= 15 is 0 Å². The van der Waals surface area contributed by atoms with E-state index in [1.54, 1.807) is 27.7 Å². The summed E-state index contributed by atoms with van der Waals surface area (Å²) in [6.45, 7) is 8.16. The largest absolute Gasteiger partial charge is 0.463 e. The summed E-state index contributed by atoms with van der Waals surface area (Å²) in [6, 6.07) is 0. The second-order valence-electron chi connectivity index (χ2n) is 4.20. The first-order valence-corrected chi connectivity index (χ1v) is 5.34. The summed E-state index contributed by atoms with van der Waals surface area (Å²) in [6.07, 6.45) is -2.08. The van der Waals surface area contributed by atoms with Gasteiger partial charge in [0.1, 0.15) is 0 Å². The Kier molecular flexibility index (Phi) is 6.03. The minimum absolute atomic E-state index is 0.275. The Morgan fingerprint density at radius 1 is 0.875 bits per heavy atom. The summed E-state index contributed by atoms with van der Waals surface area (Å²) in [5, 5.41) is 9.54. The Hall–Kier alpha value is -1.10. The molecule has 0 bridgehead atoms. The van der Waals surface area contributed by atoms with Gasteiger partial charge < -0.3 is 14.6 Å². The first-order chi connectivity index (χ1) is 7.25. The van der Waals surface area contributed by atoms with E-state index in [1.165, 1.54) is 6.92 Å². The first kappa shape index (κ1) is 14.9. The maximum atomic E-state index is 11.4. The minimum atomic E-state index is -1.48. The average molecular weight is 232 g/mol. The van der Waals surface area contributed by atoms with Crippen LogP contribution in [0.4, 0.5) is 0 Å². The third-order valence-corrected chi connectivity index (χ3v) is 1.79. The van der Waals surface area contributed by atoms with Gasteiger partial charge in [-0.2, -0.15) is 0 Å². The van der Waals surface area contributed by atoms with Crippen molar-refractivity contribution >= 4 is 11.9 Å². The van der Waals surface area contributed by atoms with Crippen LogP contribution in [-0.4, -0.2) is 35.4 Å². The molecule has 1 unspecified atom stereocenters. The molecular weight excluding hydrogens is 212 g/mol. The molecule has 2 atom stereocenters. The fourth-order valence-electron chi connectivity index (χ4n) is 0.975. The van der Waals surface area contributed by atoms with Gasteiger partial charge in [-0.1, -0.05) is 0 Å². The maximum absolute atomic E-state index is 11.4. The Morgan fingerprint density at radius 3 is 1.62 bits per heavy atom. The molecule has 0 fully saturated rings. The molecule has 0 radical (unpaired) electrons. The van der Waals surface area contributed by atoms with Crippen molar-refractivity contribution in [2.45, 2.75) is 52.9 Å². The predicted molar refractivity (Wildman–Crippen MR) is 57.6 cm³/mol. The standard InChI is InChI=1S/C11H20O5/c1-6(2)15-10(13)8(5)9(12)11(14)16-7(3)4/h6-9,12H,1-5H3/t8?,9-/m0/s1. The van der Waals surface area contributed by atoms with E-state index in [0.717, 1.165) is 0 Å². The molecule has 94 valence electrons. The fourth-order valence-corrected chi connectivity index (χ4v) is 0.975. The molecule has 0 amide bonds. The van der Waals surface area contributed by atoms with Gasteiger partial charge >= 0.3 is 11.9 Å². The second-order valence-corrected chi connectivity index (χ2v) is 4.20. The van der Waals surface area contributed by atoms with Crippen LogP contribution < -0.4 is 0 Å². The summed E-state index contributed by atoms with van der Waals surface area (Å²) < 4.78 is 9.67. The van der Waals surface area contributed by atoms with Crippen LogP contribution in [0.25, 0.3) is 0 Å². The first-order valence-electron chi connectivity index (χ1n) is 5.34. The predicted octanol–water partition coefficient (Wildman–Crippen LogP) is 0.887. The SMILES string of the molecule is CC(C)OC(=O)C(C)[C@H](O)C(=O)OC(C)C. The van der Waals surface area contributed by atoms with Crippen LogP contribution in [0.15, 0.2) is 0 Å². The van der Waals surface area contributed by atoms with Crippen molar-refractivity contribution in [2.24, 2.45) is 5.92 Å². The summed E-state index contributed by atoms with van der Waals surface area (Å²) in [5.74, 6) is -2.33. The zero-order valence-corrected chi connectivity index (χ0v) is 10.4. The van der Waals surface area contributed by atoms with Crippen molar-refractivity contribution in [2.75, 3.05) is 0 Å². The maximum Gasteiger partial charge on any atom is 0.336 e. The fraction of sp³-hybridized carbons (Fsp3) is 0.818. The minimum Gasteiger partial charge on any atom is -0.463 e. The van der Waals surface area contributed by atoms with Crippen molar-refractivity contribution in [3.63, 3.8) is 0 Å². The van der Waals surface area contributed by atoms with Gasteiger partial charge in [0, 0.05) is 0 Å². The third-order valence-electron chi connectivity index (χ3n) is 1.79. The van der Waals surface area contributed by atoms with Gasteiger partial charge in [-0.25, -0.2) is 4.79 Å². The zero-order chi connectivity index (χ0) is 12.9. The van der Waals surface area contributed by atoms with Crippen LogP contribution in [0.1, 0.15) is 34.6 Å². The Labute approximate surface area is 95.7 Å². The molecule has 5 heteroatoms. The molecule has 0 rings (SSSR count). The number of ether oxygens (including phenoxy) is 2. The van der Waals surface area contributed by atoms with Crippen LogP contribution in [0, 0.1) is 5.92 Å². The number of carbonyl (C=O) groups is 2. The lowest BCUT2D eigenvalue weighted by molar-refractivity contribution is -0.169. The molecule has 5 nitrogen and oxygen atoms in total. The molecule has 0 aromatic carbocycles. The molecule has 0 aliphatic carbocycles. The van der Waals surface area contributed by atoms with Crippen molar-refractivity contribution < 1.29 is 24.2 Å². The Bertz CT molecular complexity index is 221. The van der Waals surface area contributed by atoms with Gasteiger partial charge in [-0.3, -0.25) is 4.79 Å². The molecule has 16 heavy (non-hydrogen) atoms. The molecule has 0 aromatic heterocycles. The highest BCUT2D eigenvalue weighted by Gasteiger charge is 2.31. The summed E-state index contributed by atoms with van der Waals surface area (Å²) in [4.78, 5) is 22.7. The number of aliphatic hydroxyl groups is 1. The van der Waals surface area contributed by atoms with E-state index in [1.807, 2.05) is 0 Å². The number of carbonyl (C=O) groups excluding carboxylic acids is 2. The zero-order valence-electron chi connectivity index (χ0n) is 10.4. The average Bonchev–Trinajstić information content (AvgIpc) is 2.13. The molecule has 0 aliphatic rings. The summed E-state index contributed by atoms with van der Waals surface area (Å²) in [5.41, 5.74) is 0. The topological polar surface area (TPSA) is 72.8 Å². The molecule has 0 saturated heterocycles. The number of hydrogen-bond acceptors (Lipinski definition) is 5. The van der Waals surface area contributed by atoms with E-state index in [-0.39, 0.29) is 12.2 Å². The Morgan fingerprint density at radius 2 is 1.25 bits per heavy atom. The van der Waals surface area contributed by atoms with E-state index in [2.05, 4.69) is 0 Å². The summed E-state index contributed by atoms with van der Waals surface area (Å²) in [7, 11) is 0. The van der Waals surface area contributed by atoms with E-state index < -0.39 is 24.0 Å². The highest BCUT2D eigenvalue weighted by atomic mass is 16.6. The van der Waals surface area contributed by atoms with Gasteiger partial charge in [0.15, 0.2) is 6.10 Å². The van der Waals surface area contributed by atoms with Gasteiger partial charge in [0.25, 0.3) is 0 Å². The monoisotopic (exact) mass is 232 g/mol. The molecule has 0 spiro atoms.